The fourth-order valence-corrected chi connectivity index (χ4v) is 6.56. The van der Waals surface area contributed by atoms with E-state index < -0.39 is 52.6 Å². The number of aliphatic hydroxyl groups excluding tert-OH is 1. The number of hydrogen-bond acceptors (Lipinski definition) is 7. The zero-order valence-corrected chi connectivity index (χ0v) is 24.2. The summed E-state index contributed by atoms with van der Waals surface area (Å²) in [5.74, 6) is -5.98. The Kier molecular flexibility index (Phi) is 7.76. The zero-order valence-electron chi connectivity index (χ0n) is 21.4. The third-order valence-corrected chi connectivity index (χ3v) is 8.39. The SMILES string of the molecule is [CH2-]Cc1[c-]ccc(-c2ccc(O)c3c2CC2CC4[C@H](N(C)C)CC(C(N)=O)C(=O)[C@@]4(O)C(=O)C2=C3O)c1.[Y]. The molecule has 9 heteroatoms. The standard InChI is InChI=1S/C29H30N2O6.Y/c1-4-14-6-5-7-15(10-14)17-8-9-22(32)24-18(17)11-16-12-20-21(31(2)3)13-19(28(30)36)26(34)29(20,37)27(35)23(16)25(24)33;/h5,7-10,16,19-21,32-33,37H,1,4,11-13H2,2-3H3,(H2,30,36);/q-2;/t16?,19?,20?,21-,29-;/m1./s1. The molecule has 197 valence electrons. The summed E-state index contributed by atoms with van der Waals surface area (Å²) in [6, 6.07) is 11.5. The normalized spacial score (nSPS) is 28.3. The summed E-state index contributed by atoms with van der Waals surface area (Å²) in [5, 5.41) is 33.8. The quantitative estimate of drug-likeness (QED) is 0.315. The van der Waals surface area contributed by atoms with Gasteiger partial charge in [-0.3, -0.25) is 14.4 Å². The molecule has 2 aromatic rings. The molecule has 2 aromatic carbocycles. The number of hydrogen-bond donors (Lipinski definition) is 4. The fraction of sp³-hybridized carbons (Fsp3) is 0.379. The third kappa shape index (κ3) is 4.17. The molecule has 1 amide bonds. The number of nitrogens with two attached hydrogens (primary N) is 1. The summed E-state index contributed by atoms with van der Waals surface area (Å²) in [7, 11) is 3.54. The van der Waals surface area contributed by atoms with Gasteiger partial charge >= 0.3 is 0 Å². The van der Waals surface area contributed by atoms with Crippen LogP contribution in [-0.2, 0) is 59.9 Å². The van der Waals surface area contributed by atoms with Crippen LogP contribution < -0.4 is 5.73 Å². The van der Waals surface area contributed by atoms with E-state index in [4.69, 9.17) is 5.73 Å². The van der Waals surface area contributed by atoms with Crippen LogP contribution in [0.15, 0.2) is 35.9 Å². The number of nitrogens with zero attached hydrogens (tertiary/aromatic N) is 1. The average molecular weight is 591 g/mol. The van der Waals surface area contributed by atoms with Crippen LogP contribution in [0.5, 0.6) is 5.75 Å². The van der Waals surface area contributed by atoms with Crippen LogP contribution in [0.1, 0.15) is 29.5 Å². The first-order chi connectivity index (χ1) is 17.5. The molecule has 3 unspecified atom stereocenters. The largest absolute Gasteiger partial charge is 0.507 e. The second-order valence-electron chi connectivity index (χ2n) is 10.5. The molecule has 5 N–H and O–H groups in total. The Labute approximate surface area is 246 Å². The zero-order chi connectivity index (χ0) is 26.8. The average Bonchev–Trinajstić information content (AvgIpc) is 2.85. The van der Waals surface area contributed by atoms with Crippen LogP contribution in [-0.4, -0.2) is 63.4 Å². The summed E-state index contributed by atoms with van der Waals surface area (Å²) in [6.07, 6.45) is 1.22. The maximum Gasteiger partial charge on any atom is 0.228 e. The molecule has 0 heterocycles. The Hall–Kier alpha value is -2.39. The minimum atomic E-state index is -2.49. The number of amides is 1. The predicted octanol–water partition coefficient (Wildman–Crippen LogP) is 2.00. The van der Waals surface area contributed by atoms with Crippen molar-refractivity contribution in [1.82, 2.24) is 4.90 Å². The molecule has 3 aliphatic rings. The van der Waals surface area contributed by atoms with Gasteiger partial charge in [-0.1, -0.05) is 6.07 Å². The van der Waals surface area contributed by atoms with Gasteiger partial charge in [0.05, 0.1) is 5.56 Å². The van der Waals surface area contributed by atoms with Gasteiger partial charge in [-0.15, -0.1) is 5.56 Å². The van der Waals surface area contributed by atoms with E-state index in [0.717, 1.165) is 16.7 Å². The van der Waals surface area contributed by atoms with E-state index >= 15 is 0 Å². The first-order valence-corrected chi connectivity index (χ1v) is 12.4. The van der Waals surface area contributed by atoms with Gasteiger partial charge in [-0.2, -0.15) is 36.2 Å². The van der Waals surface area contributed by atoms with Crippen molar-refractivity contribution in [2.75, 3.05) is 14.1 Å². The monoisotopic (exact) mass is 591 g/mol. The van der Waals surface area contributed by atoms with Crippen molar-refractivity contribution in [1.29, 1.82) is 0 Å². The first-order valence-electron chi connectivity index (χ1n) is 12.4. The Bertz CT molecular complexity index is 1370. The van der Waals surface area contributed by atoms with Crippen molar-refractivity contribution in [3.63, 3.8) is 0 Å². The number of carbonyl (C=O) groups excluding carboxylic acids is 3. The van der Waals surface area contributed by atoms with Gasteiger partial charge in [0.1, 0.15) is 17.4 Å². The van der Waals surface area contributed by atoms with Crippen LogP contribution >= 0.6 is 0 Å². The van der Waals surface area contributed by atoms with Gasteiger partial charge in [0.25, 0.3) is 0 Å². The molecule has 5 atom stereocenters. The smallest absolute Gasteiger partial charge is 0.228 e. The predicted molar refractivity (Wildman–Crippen MR) is 136 cm³/mol. The minimum Gasteiger partial charge on any atom is -0.507 e. The fourth-order valence-electron chi connectivity index (χ4n) is 6.56. The molecule has 0 bridgehead atoms. The number of Topliss-reactive ketones (excluding diaryl/α,β-unsaturated/α-hetero) is 2. The molecular weight excluding hydrogens is 561 g/mol. The van der Waals surface area contributed by atoms with Crippen LogP contribution in [0, 0.1) is 30.7 Å². The van der Waals surface area contributed by atoms with E-state index in [-0.39, 0.29) is 62.4 Å². The summed E-state index contributed by atoms with van der Waals surface area (Å²) in [4.78, 5) is 41.1. The number of benzene rings is 2. The summed E-state index contributed by atoms with van der Waals surface area (Å²) < 4.78 is 0. The van der Waals surface area contributed by atoms with E-state index in [1.54, 1.807) is 31.1 Å². The van der Waals surface area contributed by atoms with Crippen molar-refractivity contribution >= 4 is 23.2 Å². The Morgan fingerprint density at radius 3 is 2.55 bits per heavy atom. The van der Waals surface area contributed by atoms with Gasteiger partial charge in [0, 0.05) is 50.2 Å². The van der Waals surface area contributed by atoms with Gasteiger partial charge in [-0.05, 0) is 56.5 Å². The van der Waals surface area contributed by atoms with Gasteiger partial charge in [0.15, 0.2) is 11.4 Å². The number of primary amides is 1. The number of aromatic hydroxyl groups is 1. The van der Waals surface area contributed by atoms with E-state index in [1.807, 2.05) is 12.1 Å². The van der Waals surface area contributed by atoms with Crippen molar-refractivity contribution in [3.05, 3.63) is 65.6 Å². The van der Waals surface area contributed by atoms with Gasteiger partial charge in [-0.25, -0.2) is 0 Å². The summed E-state index contributed by atoms with van der Waals surface area (Å²) >= 11 is 0. The number of rotatable bonds is 4. The molecule has 0 aromatic heterocycles. The van der Waals surface area contributed by atoms with Crippen molar-refractivity contribution in [3.8, 4) is 16.9 Å². The topological polar surface area (TPSA) is 141 Å². The summed E-state index contributed by atoms with van der Waals surface area (Å²) in [6.45, 7) is 3.91. The van der Waals surface area contributed by atoms with Crippen LogP contribution in [0.3, 0.4) is 0 Å². The number of phenols is 1. The molecule has 3 aliphatic carbocycles. The van der Waals surface area contributed by atoms with Crippen LogP contribution in [0.4, 0.5) is 0 Å². The molecule has 8 nitrogen and oxygen atoms in total. The van der Waals surface area contributed by atoms with Gasteiger partial charge in [0.2, 0.25) is 11.7 Å². The molecule has 0 spiro atoms. The number of fused-ring (bicyclic) bond motifs is 3. The molecule has 0 aliphatic heterocycles. The first kappa shape index (κ1) is 28.6. The molecule has 1 radical (unpaired) electrons. The molecular formula is C29H30N2O6Y-2. The summed E-state index contributed by atoms with van der Waals surface area (Å²) in [5.41, 5.74) is 6.27. The van der Waals surface area contributed by atoms with Crippen LogP contribution in [0.2, 0.25) is 0 Å². The van der Waals surface area contributed by atoms with Gasteiger partial charge < -0.3 is 32.9 Å². The second-order valence-corrected chi connectivity index (χ2v) is 10.5. The maximum absolute atomic E-state index is 13.9. The Balaban J connectivity index is 0.00000336. The van der Waals surface area contributed by atoms with Crippen molar-refractivity contribution in [2.24, 2.45) is 23.5 Å². The molecule has 0 saturated heterocycles. The molecule has 5 rings (SSSR count). The van der Waals surface area contributed by atoms with E-state index in [0.29, 0.717) is 18.4 Å². The number of ketones is 2. The van der Waals surface area contributed by atoms with Crippen molar-refractivity contribution in [2.45, 2.75) is 37.3 Å². The van der Waals surface area contributed by atoms with E-state index in [9.17, 15) is 29.7 Å². The number of carbonyl (C=O) groups is 3. The number of phenolic OH excluding ortho intramolecular Hbond substituents is 1. The Morgan fingerprint density at radius 2 is 1.92 bits per heavy atom. The molecule has 2 saturated carbocycles. The van der Waals surface area contributed by atoms with Crippen molar-refractivity contribution < 1.29 is 62.4 Å². The maximum atomic E-state index is 13.9. The minimum absolute atomic E-state index is 0. The number of aliphatic hydroxyl groups is 2. The third-order valence-electron chi connectivity index (χ3n) is 8.39. The van der Waals surface area contributed by atoms with E-state index in [1.165, 1.54) is 6.07 Å². The molecule has 2 fully saturated rings. The molecule has 38 heavy (non-hydrogen) atoms. The van der Waals surface area contributed by atoms with E-state index in [2.05, 4.69) is 13.0 Å². The van der Waals surface area contributed by atoms with Crippen LogP contribution in [0.25, 0.3) is 16.9 Å². The Morgan fingerprint density at radius 1 is 1.21 bits per heavy atom. The second kappa shape index (κ2) is 10.3.